The zero-order valence-corrected chi connectivity index (χ0v) is 13.2. The molecule has 0 unspecified atom stereocenters. The zero-order chi connectivity index (χ0) is 16.4. The number of aliphatic imine (C=N–C) groups is 1. The number of hydrogen-bond donors (Lipinski definition) is 3. The first kappa shape index (κ1) is 17.9. The van der Waals surface area contributed by atoms with Crippen LogP contribution in [0.25, 0.3) is 0 Å². The number of carbonyl (C=O) groups is 1. The summed E-state index contributed by atoms with van der Waals surface area (Å²) in [6.07, 6.45) is 1.23. The molecule has 1 aromatic carbocycles. The predicted molar refractivity (Wildman–Crippen MR) is 87.1 cm³/mol. The van der Waals surface area contributed by atoms with Gasteiger partial charge in [0.05, 0.1) is 6.42 Å². The number of nitrogens with zero attached hydrogens (tertiary/aromatic N) is 1. The van der Waals surface area contributed by atoms with Gasteiger partial charge in [-0.15, -0.1) is 0 Å². The number of nitrogens with one attached hydrogen (secondary N) is 2. The monoisotopic (exact) mass is 308 g/mol. The fraction of sp³-hybridized carbons (Fsp3) is 0.500. The minimum atomic E-state index is -0.305. The molecule has 5 nitrogen and oxygen atoms in total. The summed E-state index contributed by atoms with van der Waals surface area (Å²) in [4.78, 5) is 15.9. The Bertz CT molecular complexity index is 485. The van der Waals surface area contributed by atoms with E-state index in [-0.39, 0.29) is 18.1 Å². The third-order valence-corrected chi connectivity index (χ3v) is 3.02. The molecule has 22 heavy (non-hydrogen) atoms. The molecule has 0 aliphatic rings. The zero-order valence-electron chi connectivity index (χ0n) is 13.2. The summed E-state index contributed by atoms with van der Waals surface area (Å²) in [5.74, 6) is 0.583. The third kappa shape index (κ3) is 8.24. The minimum Gasteiger partial charge on any atom is -0.370 e. The average Bonchev–Trinajstić information content (AvgIpc) is 2.46. The van der Waals surface area contributed by atoms with Crippen LogP contribution in [0, 0.1) is 11.7 Å². The first-order valence-corrected chi connectivity index (χ1v) is 7.52. The van der Waals surface area contributed by atoms with E-state index in [0.717, 1.165) is 12.0 Å². The molecule has 0 bridgehead atoms. The Morgan fingerprint density at radius 2 is 1.86 bits per heavy atom. The molecule has 0 aromatic heterocycles. The van der Waals surface area contributed by atoms with Crippen molar-refractivity contribution in [2.24, 2.45) is 16.6 Å². The van der Waals surface area contributed by atoms with Crippen molar-refractivity contribution < 1.29 is 9.18 Å². The first-order valence-electron chi connectivity index (χ1n) is 7.52. The van der Waals surface area contributed by atoms with Crippen molar-refractivity contribution in [3.05, 3.63) is 35.6 Å². The van der Waals surface area contributed by atoms with Crippen LogP contribution < -0.4 is 16.4 Å². The first-order chi connectivity index (χ1) is 10.5. The number of guanidine groups is 1. The lowest BCUT2D eigenvalue weighted by molar-refractivity contribution is -0.120. The smallest absolute Gasteiger partial charge is 0.224 e. The number of amides is 1. The van der Waals surface area contributed by atoms with Gasteiger partial charge in [0.25, 0.3) is 0 Å². The number of rotatable bonds is 8. The van der Waals surface area contributed by atoms with Gasteiger partial charge in [-0.3, -0.25) is 9.79 Å². The van der Waals surface area contributed by atoms with Crippen LogP contribution in [-0.4, -0.2) is 31.5 Å². The minimum absolute atomic E-state index is 0.108. The van der Waals surface area contributed by atoms with Gasteiger partial charge >= 0.3 is 0 Å². The number of hydrogen-bond acceptors (Lipinski definition) is 2. The Hall–Kier alpha value is -2.11. The van der Waals surface area contributed by atoms with Crippen LogP contribution in [0.2, 0.25) is 0 Å². The largest absolute Gasteiger partial charge is 0.370 e. The van der Waals surface area contributed by atoms with Crippen LogP contribution in [0.4, 0.5) is 4.39 Å². The molecule has 6 heteroatoms. The molecule has 0 saturated heterocycles. The molecule has 0 aliphatic heterocycles. The molecule has 1 aromatic rings. The lowest BCUT2D eigenvalue weighted by atomic mass is 10.1. The maximum absolute atomic E-state index is 12.7. The molecule has 0 radical (unpaired) electrons. The summed E-state index contributed by atoms with van der Waals surface area (Å²) in [6.45, 7) is 5.95. The SMILES string of the molecule is CC(C)CCN=C(N)NCCNC(=O)Cc1ccc(F)cc1. The third-order valence-electron chi connectivity index (χ3n) is 3.02. The molecule has 0 heterocycles. The number of nitrogens with two attached hydrogens (primary N) is 1. The van der Waals surface area contributed by atoms with Crippen molar-refractivity contribution in [1.29, 1.82) is 0 Å². The van der Waals surface area contributed by atoms with Gasteiger partial charge in [-0.2, -0.15) is 0 Å². The van der Waals surface area contributed by atoms with Gasteiger partial charge in [0.2, 0.25) is 5.91 Å². The van der Waals surface area contributed by atoms with E-state index >= 15 is 0 Å². The Labute approximate surface area is 131 Å². The van der Waals surface area contributed by atoms with Crippen molar-refractivity contribution in [2.75, 3.05) is 19.6 Å². The van der Waals surface area contributed by atoms with Gasteiger partial charge in [-0.25, -0.2) is 4.39 Å². The van der Waals surface area contributed by atoms with Crippen LogP contribution in [-0.2, 0) is 11.2 Å². The number of benzene rings is 1. The summed E-state index contributed by atoms with van der Waals surface area (Å²) in [5, 5.41) is 5.72. The maximum atomic E-state index is 12.7. The van der Waals surface area contributed by atoms with Crippen molar-refractivity contribution in [3.8, 4) is 0 Å². The molecule has 0 spiro atoms. The Morgan fingerprint density at radius 3 is 2.50 bits per heavy atom. The van der Waals surface area contributed by atoms with Crippen molar-refractivity contribution >= 4 is 11.9 Å². The van der Waals surface area contributed by atoms with Gasteiger partial charge < -0.3 is 16.4 Å². The molecule has 1 amide bonds. The molecular formula is C16H25FN4O. The van der Waals surface area contributed by atoms with Crippen molar-refractivity contribution in [1.82, 2.24) is 10.6 Å². The highest BCUT2D eigenvalue weighted by atomic mass is 19.1. The van der Waals surface area contributed by atoms with Gasteiger partial charge in [0.15, 0.2) is 5.96 Å². The van der Waals surface area contributed by atoms with Crippen LogP contribution in [0.1, 0.15) is 25.8 Å². The molecule has 1 rings (SSSR count). The quantitative estimate of drug-likeness (QED) is 0.386. The van der Waals surface area contributed by atoms with Crippen molar-refractivity contribution in [2.45, 2.75) is 26.7 Å². The summed E-state index contributed by atoms with van der Waals surface area (Å²) in [7, 11) is 0. The lowest BCUT2D eigenvalue weighted by Crippen LogP contribution is -2.38. The Kier molecular flexibility index (Phi) is 7.96. The van der Waals surface area contributed by atoms with E-state index in [2.05, 4.69) is 29.5 Å². The van der Waals surface area contributed by atoms with Gasteiger partial charge in [-0.1, -0.05) is 26.0 Å². The molecule has 0 atom stereocenters. The topological polar surface area (TPSA) is 79.5 Å². The molecule has 0 saturated carbocycles. The van der Waals surface area contributed by atoms with E-state index < -0.39 is 0 Å². The van der Waals surface area contributed by atoms with E-state index in [4.69, 9.17) is 5.73 Å². The summed E-state index contributed by atoms with van der Waals surface area (Å²) < 4.78 is 12.7. The van der Waals surface area contributed by atoms with E-state index in [1.54, 1.807) is 12.1 Å². The summed E-state index contributed by atoms with van der Waals surface area (Å²) in [5.41, 5.74) is 6.48. The maximum Gasteiger partial charge on any atom is 0.224 e. The average molecular weight is 308 g/mol. The summed E-state index contributed by atoms with van der Waals surface area (Å²) >= 11 is 0. The van der Waals surface area contributed by atoms with Gasteiger partial charge in [0.1, 0.15) is 5.82 Å². The lowest BCUT2D eigenvalue weighted by Gasteiger charge is -2.08. The Morgan fingerprint density at radius 1 is 1.23 bits per heavy atom. The van der Waals surface area contributed by atoms with Crippen LogP contribution in [0.15, 0.2) is 29.3 Å². The summed E-state index contributed by atoms with van der Waals surface area (Å²) in [6, 6.07) is 5.90. The van der Waals surface area contributed by atoms with Crippen LogP contribution in [0.3, 0.4) is 0 Å². The second-order valence-corrected chi connectivity index (χ2v) is 5.53. The van der Waals surface area contributed by atoms with E-state index in [0.29, 0.717) is 31.5 Å². The fourth-order valence-corrected chi connectivity index (χ4v) is 1.74. The number of halogens is 1. The highest BCUT2D eigenvalue weighted by Crippen LogP contribution is 2.03. The number of carbonyl (C=O) groups excluding carboxylic acids is 1. The standard InChI is InChI=1S/C16H25FN4O/c1-12(2)7-8-20-16(18)21-10-9-19-15(22)11-13-3-5-14(17)6-4-13/h3-6,12H,7-11H2,1-2H3,(H,19,22)(H3,18,20,21). The Balaban J connectivity index is 2.15. The highest BCUT2D eigenvalue weighted by molar-refractivity contribution is 5.79. The molecule has 0 fully saturated rings. The van der Waals surface area contributed by atoms with Crippen molar-refractivity contribution in [3.63, 3.8) is 0 Å². The van der Waals surface area contributed by atoms with E-state index in [1.165, 1.54) is 12.1 Å². The molecule has 0 aliphatic carbocycles. The van der Waals surface area contributed by atoms with Crippen LogP contribution >= 0.6 is 0 Å². The molecular weight excluding hydrogens is 283 g/mol. The normalized spacial score (nSPS) is 11.5. The van der Waals surface area contributed by atoms with Crippen LogP contribution in [0.5, 0.6) is 0 Å². The molecule has 4 N–H and O–H groups in total. The fourth-order valence-electron chi connectivity index (χ4n) is 1.74. The van der Waals surface area contributed by atoms with Gasteiger partial charge in [-0.05, 0) is 30.0 Å². The molecule has 122 valence electrons. The van der Waals surface area contributed by atoms with E-state index in [9.17, 15) is 9.18 Å². The second kappa shape index (κ2) is 9.76. The van der Waals surface area contributed by atoms with Gasteiger partial charge in [0, 0.05) is 19.6 Å². The highest BCUT2D eigenvalue weighted by Gasteiger charge is 2.03. The second-order valence-electron chi connectivity index (χ2n) is 5.53. The van der Waals surface area contributed by atoms with E-state index in [1.807, 2.05) is 0 Å². The predicted octanol–water partition coefficient (Wildman–Crippen LogP) is 1.43.